The monoisotopic (exact) mass is 338 g/mol. The van der Waals surface area contributed by atoms with E-state index in [1.807, 2.05) is 12.3 Å². The second-order valence-electron chi connectivity index (χ2n) is 6.32. The van der Waals surface area contributed by atoms with Gasteiger partial charge < -0.3 is 10.4 Å². The predicted octanol–water partition coefficient (Wildman–Crippen LogP) is 3.31. The van der Waals surface area contributed by atoms with Crippen molar-refractivity contribution in [3.05, 3.63) is 16.1 Å². The molecule has 1 aromatic rings. The van der Waals surface area contributed by atoms with Crippen LogP contribution in [-0.4, -0.2) is 28.0 Å². The zero-order valence-corrected chi connectivity index (χ0v) is 14.5. The standard InChI is InChI=1S/C17H26N2O3S/c1-12-18-13(11-23-12)7-6-10-16(20)19-15-9-5-3-2-4-8-14(15)17(21)22/h11,14-15H,2-10H2,1H3,(H,19,20)(H,21,22). The van der Waals surface area contributed by atoms with Gasteiger partial charge in [0.2, 0.25) is 5.91 Å². The van der Waals surface area contributed by atoms with Crippen molar-refractivity contribution >= 4 is 23.2 Å². The number of carboxylic acid groups (broad SMARTS) is 1. The first-order chi connectivity index (χ1) is 11.1. The average Bonchev–Trinajstić information content (AvgIpc) is 2.87. The van der Waals surface area contributed by atoms with Crippen LogP contribution in [0.3, 0.4) is 0 Å². The molecule has 2 rings (SSSR count). The summed E-state index contributed by atoms with van der Waals surface area (Å²) in [7, 11) is 0. The fourth-order valence-corrected chi connectivity index (χ4v) is 3.83. The van der Waals surface area contributed by atoms with E-state index in [9.17, 15) is 14.7 Å². The SMILES string of the molecule is Cc1nc(CCCC(=O)NC2CCCCCCC2C(=O)O)cs1. The van der Waals surface area contributed by atoms with Crippen LogP contribution in [0.4, 0.5) is 0 Å². The predicted molar refractivity (Wildman–Crippen MR) is 90.5 cm³/mol. The van der Waals surface area contributed by atoms with Crippen LogP contribution in [0.25, 0.3) is 0 Å². The number of amides is 1. The Labute approximate surface area is 141 Å². The third-order valence-electron chi connectivity index (χ3n) is 4.43. The van der Waals surface area contributed by atoms with Gasteiger partial charge in [-0.2, -0.15) is 0 Å². The molecule has 1 aromatic heterocycles. The minimum atomic E-state index is -0.782. The summed E-state index contributed by atoms with van der Waals surface area (Å²) < 4.78 is 0. The van der Waals surface area contributed by atoms with Crippen molar-refractivity contribution < 1.29 is 14.7 Å². The van der Waals surface area contributed by atoms with E-state index in [4.69, 9.17) is 0 Å². The summed E-state index contributed by atoms with van der Waals surface area (Å²) >= 11 is 1.62. The highest BCUT2D eigenvalue weighted by molar-refractivity contribution is 7.09. The van der Waals surface area contributed by atoms with Crippen molar-refractivity contribution in [3.63, 3.8) is 0 Å². The summed E-state index contributed by atoms with van der Waals surface area (Å²) in [4.78, 5) is 28.0. The van der Waals surface area contributed by atoms with Gasteiger partial charge in [-0.05, 0) is 32.6 Å². The fraction of sp³-hybridized carbons (Fsp3) is 0.706. The maximum absolute atomic E-state index is 12.2. The van der Waals surface area contributed by atoms with Crippen LogP contribution in [0, 0.1) is 12.8 Å². The summed E-state index contributed by atoms with van der Waals surface area (Å²) in [6.07, 6.45) is 7.56. The molecule has 6 heteroatoms. The van der Waals surface area contributed by atoms with Gasteiger partial charge in [0.25, 0.3) is 0 Å². The quantitative estimate of drug-likeness (QED) is 0.834. The number of nitrogens with one attached hydrogen (secondary N) is 1. The number of carbonyl (C=O) groups excluding carboxylic acids is 1. The number of carbonyl (C=O) groups is 2. The van der Waals surface area contributed by atoms with Gasteiger partial charge in [0, 0.05) is 17.8 Å². The Kier molecular flexibility index (Phi) is 7.02. The van der Waals surface area contributed by atoms with Gasteiger partial charge in [0.1, 0.15) is 0 Å². The molecule has 1 aliphatic carbocycles. The van der Waals surface area contributed by atoms with Gasteiger partial charge in [-0.3, -0.25) is 9.59 Å². The first-order valence-corrected chi connectivity index (χ1v) is 9.37. The van der Waals surface area contributed by atoms with Crippen LogP contribution in [0.15, 0.2) is 5.38 Å². The van der Waals surface area contributed by atoms with Crippen molar-refractivity contribution in [2.45, 2.75) is 70.8 Å². The Bertz CT molecular complexity index is 530. The molecule has 1 amide bonds. The number of aliphatic carboxylic acids is 1. The summed E-state index contributed by atoms with van der Waals surface area (Å²) in [6, 6.07) is -0.221. The second-order valence-corrected chi connectivity index (χ2v) is 7.38. The number of hydrogen-bond acceptors (Lipinski definition) is 4. The number of carboxylic acids is 1. The van der Waals surface area contributed by atoms with Gasteiger partial charge in [0.05, 0.1) is 16.6 Å². The highest BCUT2D eigenvalue weighted by Gasteiger charge is 2.29. The fourth-order valence-electron chi connectivity index (χ4n) is 3.18. The number of rotatable bonds is 6. The van der Waals surface area contributed by atoms with E-state index in [0.29, 0.717) is 12.8 Å². The number of hydrogen-bond donors (Lipinski definition) is 2. The van der Waals surface area contributed by atoms with Gasteiger partial charge in [-0.15, -0.1) is 11.3 Å². The molecular weight excluding hydrogens is 312 g/mol. The minimum Gasteiger partial charge on any atom is -0.481 e. The van der Waals surface area contributed by atoms with Crippen molar-refractivity contribution in [1.82, 2.24) is 10.3 Å². The zero-order valence-electron chi connectivity index (χ0n) is 13.7. The normalized spacial score (nSPS) is 22.1. The highest BCUT2D eigenvalue weighted by atomic mass is 32.1. The Morgan fingerprint density at radius 1 is 1.30 bits per heavy atom. The van der Waals surface area contributed by atoms with Crippen LogP contribution < -0.4 is 5.32 Å². The topological polar surface area (TPSA) is 79.3 Å². The van der Waals surface area contributed by atoms with Gasteiger partial charge in [0.15, 0.2) is 0 Å². The Hall–Kier alpha value is -1.43. The maximum Gasteiger partial charge on any atom is 0.308 e. The number of nitrogens with zero attached hydrogens (tertiary/aromatic N) is 1. The molecule has 128 valence electrons. The van der Waals surface area contributed by atoms with Crippen LogP contribution in [0.5, 0.6) is 0 Å². The van der Waals surface area contributed by atoms with E-state index < -0.39 is 11.9 Å². The second kappa shape index (κ2) is 9.01. The largest absolute Gasteiger partial charge is 0.481 e. The zero-order chi connectivity index (χ0) is 16.7. The van der Waals surface area contributed by atoms with E-state index in [-0.39, 0.29) is 11.9 Å². The molecule has 0 spiro atoms. The molecule has 2 atom stereocenters. The first-order valence-electron chi connectivity index (χ1n) is 8.49. The van der Waals surface area contributed by atoms with E-state index in [2.05, 4.69) is 10.3 Å². The molecule has 1 fully saturated rings. The summed E-state index contributed by atoms with van der Waals surface area (Å²) in [5, 5.41) is 15.5. The summed E-state index contributed by atoms with van der Waals surface area (Å²) in [6.45, 7) is 1.97. The van der Waals surface area contributed by atoms with Gasteiger partial charge in [-0.1, -0.05) is 25.7 Å². The molecule has 2 unspecified atom stereocenters. The van der Waals surface area contributed by atoms with Gasteiger partial charge >= 0.3 is 5.97 Å². The van der Waals surface area contributed by atoms with E-state index in [1.54, 1.807) is 11.3 Å². The van der Waals surface area contributed by atoms with Gasteiger partial charge in [-0.25, -0.2) is 4.98 Å². The summed E-state index contributed by atoms with van der Waals surface area (Å²) in [5.41, 5.74) is 1.04. The van der Waals surface area contributed by atoms with Crippen molar-refractivity contribution in [3.8, 4) is 0 Å². The van der Waals surface area contributed by atoms with Crippen LogP contribution in [0.1, 0.15) is 62.1 Å². The molecule has 5 nitrogen and oxygen atoms in total. The summed E-state index contributed by atoms with van der Waals surface area (Å²) in [5.74, 6) is -1.26. The van der Waals surface area contributed by atoms with E-state index >= 15 is 0 Å². The van der Waals surface area contributed by atoms with Crippen molar-refractivity contribution in [2.24, 2.45) is 5.92 Å². The lowest BCUT2D eigenvalue weighted by Gasteiger charge is -2.27. The number of aryl methyl sites for hydroxylation is 2. The lowest BCUT2D eigenvalue weighted by molar-refractivity contribution is -0.143. The molecule has 0 aliphatic heterocycles. The Morgan fingerprint density at radius 3 is 2.70 bits per heavy atom. The third kappa shape index (κ3) is 5.94. The van der Waals surface area contributed by atoms with Crippen LogP contribution >= 0.6 is 11.3 Å². The Balaban J connectivity index is 1.79. The minimum absolute atomic E-state index is 0.0335. The van der Waals surface area contributed by atoms with E-state index in [0.717, 1.165) is 55.6 Å². The van der Waals surface area contributed by atoms with Crippen molar-refractivity contribution in [2.75, 3.05) is 0 Å². The molecule has 1 heterocycles. The number of thiazole rings is 1. The molecule has 0 radical (unpaired) electrons. The lowest BCUT2D eigenvalue weighted by Crippen LogP contribution is -2.43. The first kappa shape index (κ1) is 17.9. The number of aromatic nitrogens is 1. The van der Waals surface area contributed by atoms with Crippen LogP contribution in [0.2, 0.25) is 0 Å². The molecule has 1 saturated carbocycles. The molecule has 2 N–H and O–H groups in total. The van der Waals surface area contributed by atoms with Crippen molar-refractivity contribution in [1.29, 1.82) is 0 Å². The molecule has 0 bridgehead atoms. The average molecular weight is 338 g/mol. The maximum atomic E-state index is 12.2. The van der Waals surface area contributed by atoms with Crippen LogP contribution in [-0.2, 0) is 16.0 Å². The third-order valence-corrected chi connectivity index (χ3v) is 5.26. The highest BCUT2D eigenvalue weighted by Crippen LogP contribution is 2.23. The Morgan fingerprint density at radius 2 is 2.04 bits per heavy atom. The van der Waals surface area contributed by atoms with E-state index in [1.165, 1.54) is 0 Å². The molecule has 23 heavy (non-hydrogen) atoms. The smallest absolute Gasteiger partial charge is 0.308 e. The lowest BCUT2D eigenvalue weighted by atomic mass is 9.86. The molecular formula is C17H26N2O3S. The molecule has 0 saturated heterocycles. The molecule has 1 aliphatic rings. The molecule has 0 aromatic carbocycles.